The summed E-state index contributed by atoms with van der Waals surface area (Å²) in [6.45, 7) is 3.96. The molecule has 0 saturated heterocycles. The van der Waals surface area contributed by atoms with Gasteiger partial charge in [-0.2, -0.15) is 5.10 Å². The molecule has 3 aromatic rings. The topological polar surface area (TPSA) is 66.6 Å². The van der Waals surface area contributed by atoms with Gasteiger partial charge in [-0.15, -0.1) is 0 Å². The summed E-state index contributed by atoms with van der Waals surface area (Å²) in [7, 11) is 0. The van der Waals surface area contributed by atoms with E-state index in [0.29, 0.717) is 5.02 Å². The number of carbonyl (C=O) groups is 1. The molecule has 0 unspecified atom stereocenters. The van der Waals surface area contributed by atoms with Gasteiger partial charge in [0, 0.05) is 27.7 Å². The number of hydrogen-bond acceptors (Lipinski definition) is 3. The molecule has 0 aliphatic heterocycles. The zero-order valence-electron chi connectivity index (χ0n) is 14.4. The van der Waals surface area contributed by atoms with Crippen molar-refractivity contribution in [3.05, 3.63) is 82.1 Å². The van der Waals surface area contributed by atoms with E-state index in [1.54, 1.807) is 18.3 Å². The van der Waals surface area contributed by atoms with E-state index in [1.165, 1.54) is 12.1 Å². The van der Waals surface area contributed by atoms with E-state index in [2.05, 4.69) is 15.1 Å². The summed E-state index contributed by atoms with van der Waals surface area (Å²) >= 11 is 6.09. The molecule has 0 spiro atoms. The molecule has 6 heteroatoms. The lowest BCUT2D eigenvalue weighted by Crippen LogP contribution is -2.17. The summed E-state index contributed by atoms with van der Waals surface area (Å²) in [5, 5.41) is 14.4. The van der Waals surface area contributed by atoms with Crippen molar-refractivity contribution in [2.24, 2.45) is 5.10 Å². The number of carbonyl (C=O) groups excluding carboxylic acids is 1. The minimum absolute atomic E-state index is 0.0839. The molecule has 0 bridgehead atoms. The average Bonchev–Trinajstić information content (AvgIpc) is 2.89. The second-order valence-corrected chi connectivity index (χ2v) is 6.29. The number of hydrogen-bond donors (Lipinski definition) is 2. The van der Waals surface area contributed by atoms with Gasteiger partial charge < -0.3 is 9.67 Å². The Bertz CT molecular complexity index is 992. The van der Waals surface area contributed by atoms with Crippen molar-refractivity contribution >= 4 is 23.7 Å². The van der Waals surface area contributed by atoms with Gasteiger partial charge in [-0.3, -0.25) is 4.79 Å². The number of benzene rings is 2. The van der Waals surface area contributed by atoms with Crippen molar-refractivity contribution in [2.45, 2.75) is 13.8 Å². The predicted octanol–water partition coefficient (Wildman–Crippen LogP) is 4.22. The number of nitrogens with one attached hydrogen (secondary N) is 1. The number of rotatable bonds is 4. The normalized spacial score (nSPS) is 11.0. The van der Waals surface area contributed by atoms with Gasteiger partial charge in [0.25, 0.3) is 5.91 Å². The molecule has 1 aromatic heterocycles. The summed E-state index contributed by atoms with van der Waals surface area (Å²) in [4.78, 5) is 12.1. The minimum atomic E-state index is -0.469. The van der Waals surface area contributed by atoms with Crippen LogP contribution in [0.25, 0.3) is 5.69 Å². The van der Waals surface area contributed by atoms with Gasteiger partial charge >= 0.3 is 0 Å². The standard InChI is InChI=1S/C20H18ClN3O2/c1-13-10-15(14(2)24(13)17-7-5-6-16(21)11-17)12-22-23-20(26)18-8-3-4-9-19(18)25/h3-12,25H,1-2H3,(H,23,26)/b22-12-. The quantitative estimate of drug-likeness (QED) is 0.535. The van der Waals surface area contributed by atoms with Crippen molar-refractivity contribution in [1.29, 1.82) is 0 Å². The molecule has 0 atom stereocenters. The second kappa shape index (κ2) is 7.45. The van der Waals surface area contributed by atoms with Crippen LogP contribution < -0.4 is 5.43 Å². The highest BCUT2D eigenvalue weighted by Gasteiger charge is 2.11. The van der Waals surface area contributed by atoms with Crippen LogP contribution in [0.2, 0.25) is 5.02 Å². The molecule has 1 amide bonds. The third kappa shape index (κ3) is 3.63. The molecule has 2 N–H and O–H groups in total. The predicted molar refractivity (Wildman–Crippen MR) is 103 cm³/mol. The molecule has 0 aliphatic carbocycles. The molecule has 1 heterocycles. The van der Waals surface area contributed by atoms with Crippen molar-refractivity contribution in [1.82, 2.24) is 9.99 Å². The van der Waals surface area contributed by atoms with Crippen LogP contribution in [0.15, 0.2) is 59.7 Å². The fourth-order valence-electron chi connectivity index (χ4n) is 2.82. The van der Waals surface area contributed by atoms with Gasteiger partial charge in [-0.05, 0) is 50.2 Å². The van der Waals surface area contributed by atoms with E-state index in [1.807, 2.05) is 44.2 Å². The number of halogens is 1. The summed E-state index contributed by atoms with van der Waals surface area (Å²) in [6, 6.07) is 15.9. The Balaban J connectivity index is 1.81. The summed E-state index contributed by atoms with van der Waals surface area (Å²) in [5.74, 6) is -0.553. The van der Waals surface area contributed by atoms with Crippen LogP contribution in [0.4, 0.5) is 0 Å². The molecule has 0 aliphatic rings. The first-order chi connectivity index (χ1) is 12.5. The van der Waals surface area contributed by atoms with Crippen LogP contribution in [-0.2, 0) is 0 Å². The first kappa shape index (κ1) is 17.8. The number of aromatic hydroxyl groups is 1. The zero-order valence-corrected chi connectivity index (χ0v) is 15.2. The fraction of sp³-hybridized carbons (Fsp3) is 0.100. The largest absolute Gasteiger partial charge is 0.507 e. The third-order valence-electron chi connectivity index (χ3n) is 4.06. The fourth-order valence-corrected chi connectivity index (χ4v) is 3.00. The second-order valence-electron chi connectivity index (χ2n) is 5.86. The van der Waals surface area contributed by atoms with Crippen LogP contribution in [-0.4, -0.2) is 21.8 Å². The molecule has 132 valence electrons. The Morgan fingerprint density at radius 3 is 2.65 bits per heavy atom. The molecule has 2 aromatic carbocycles. The highest BCUT2D eigenvalue weighted by atomic mass is 35.5. The molecule has 0 saturated carbocycles. The zero-order chi connectivity index (χ0) is 18.7. The Hall–Kier alpha value is -3.05. The average molecular weight is 368 g/mol. The minimum Gasteiger partial charge on any atom is -0.507 e. The van der Waals surface area contributed by atoms with Crippen LogP contribution in [0.5, 0.6) is 5.75 Å². The highest BCUT2D eigenvalue weighted by molar-refractivity contribution is 6.30. The molecule has 3 rings (SSSR count). The Labute approximate surface area is 156 Å². The SMILES string of the molecule is Cc1cc(/C=N\NC(=O)c2ccccc2O)c(C)n1-c1cccc(Cl)c1. The van der Waals surface area contributed by atoms with Crippen LogP contribution >= 0.6 is 11.6 Å². The van der Waals surface area contributed by atoms with Crippen LogP contribution in [0, 0.1) is 13.8 Å². The molecular weight excluding hydrogens is 350 g/mol. The maximum Gasteiger partial charge on any atom is 0.275 e. The number of aromatic nitrogens is 1. The highest BCUT2D eigenvalue weighted by Crippen LogP contribution is 2.22. The van der Waals surface area contributed by atoms with E-state index in [9.17, 15) is 9.90 Å². The van der Waals surface area contributed by atoms with Gasteiger partial charge in [-0.1, -0.05) is 29.8 Å². The lowest BCUT2D eigenvalue weighted by Gasteiger charge is -2.09. The van der Waals surface area contributed by atoms with Crippen LogP contribution in [0.1, 0.15) is 27.3 Å². The summed E-state index contributed by atoms with van der Waals surface area (Å²) in [5.41, 5.74) is 6.45. The molecule has 0 radical (unpaired) electrons. The van der Waals surface area contributed by atoms with Gasteiger partial charge in [0.15, 0.2) is 0 Å². The number of phenols is 1. The van der Waals surface area contributed by atoms with E-state index < -0.39 is 5.91 Å². The summed E-state index contributed by atoms with van der Waals surface area (Å²) < 4.78 is 2.07. The number of nitrogens with zero attached hydrogens (tertiary/aromatic N) is 2. The third-order valence-corrected chi connectivity index (χ3v) is 4.29. The van der Waals surface area contributed by atoms with Gasteiger partial charge in [0.1, 0.15) is 5.75 Å². The van der Waals surface area contributed by atoms with E-state index >= 15 is 0 Å². The van der Waals surface area contributed by atoms with Gasteiger partial charge in [0.2, 0.25) is 0 Å². The van der Waals surface area contributed by atoms with Crippen molar-refractivity contribution in [3.63, 3.8) is 0 Å². The molecule has 5 nitrogen and oxygen atoms in total. The first-order valence-electron chi connectivity index (χ1n) is 8.03. The molecule has 26 heavy (non-hydrogen) atoms. The lowest BCUT2D eigenvalue weighted by atomic mass is 10.2. The van der Waals surface area contributed by atoms with Crippen LogP contribution in [0.3, 0.4) is 0 Å². The Morgan fingerprint density at radius 1 is 1.15 bits per heavy atom. The summed E-state index contributed by atoms with van der Waals surface area (Å²) in [6.07, 6.45) is 1.58. The smallest absolute Gasteiger partial charge is 0.275 e. The number of amides is 1. The molecule has 0 fully saturated rings. The van der Waals surface area contributed by atoms with E-state index in [-0.39, 0.29) is 11.3 Å². The van der Waals surface area contributed by atoms with E-state index in [4.69, 9.17) is 11.6 Å². The maximum atomic E-state index is 12.1. The lowest BCUT2D eigenvalue weighted by molar-refractivity contribution is 0.0952. The number of aryl methyl sites for hydroxylation is 1. The van der Waals surface area contributed by atoms with E-state index in [0.717, 1.165) is 22.6 Å². The Kier molecular flexibility index (Phi) is 5.09. The monoisotopic (exact) mass is 367 g/mol. The number of para-hydroxylation sites is 1. The number of phenolic OH excluding ortho intramolecular Hbond substituents is 1. The first-order valence-corrected chi connectivity index (χ1v) is 8.41. The van der Waals surface area contributed by atoms with Crippen molar-refractivity contribution < 1.29 is 9.90 Å². The Morgan fingerprint density at radius 2 is 1.92 bits per heavy atom. The van der Waals surface area contributed by atoms with Crippen molar-refractivity contribution in [3.8, 4) is 11.4 Å². The number of hydrazone groups is 1. The van der Waals surface area contributed by atoms with Crippen molar-refractivity contribution in [2.75, 3.05) is 0 Å². The van der Waals surface area contributed by atoms with Gasteiger partial charge in [0.05, 0.1) is 11.8 Å². The van der Waals surface area contributed by atoms with Gasteiger partial charge in [-0.25, -0.2) is 5.43 Å². The molecular formula is C20H18ClN3O2. The maximum absolute atomic E-state index is 12.1.